The van der Waals surface area contributed by atoms with Gasteiger partial charge in [-0.1, -0.05) is 6.07 Å². The van der Waals surface area contributed by atoms with E-state index in [-0.39, 0.29) is 10.8 Å². The van der Waals surface area contributed by atoms with Gasteiger partial charge in [-0.3, -0.25) is 4.79 Å². The van der Waals surface area contributed by atoms with Crippen molar-refractivity contribution in [2.24, 2.45) is 0 Å². The molecular formula is C18H18N2O5S. The molecule has 7 nitrogen and oxygen atoms in total. The van der Waals surface area contributed by atoms with Crippen LogP contribution in [0, 0.1) is 0 Å². The summed E-state index contributed by atoms with van der Waals surface area (Å²) in [6.45, 7) is 0. The summed E-state index contributed by atoms with van der Waals surface area (Å²) in [7, 11) is 0.805. The molecule has 0 aliphatic carbocycles. The van der Waals surface area contributed by atoms with Gasteiger partial charge in [-0.15, -0.1) is 0 Å². The van der Waals surface area contributed by atoms with Gasteiger partial charge in [0.05, 0.1) is 19.1 Å². The standard InChI is InChI=1S/C18H18N2O5S/c1-19-26(22,23)12-5-6-15-13(10-12)14(18(21)20-15)8-11-4-7-16(24-2)17(9-11)25-3/h4-10,19H,1-3H3,(H,20,21). The van der Waals surface area contributed by atoms with Gasteiger partial charge in [-0.2, -0.15) is 0 Å². The number of carbonyl (C=O) groups is 1. The highest BCUT2D eigenvalue weighted by Crippen LogP contribution is 2.36. The first-order valence-corrected chi connectivity index (χ1v) is 9.21. The molecule has 1 aliphatic heterocycles. The molecule has 2 aromatic carbocycles. The number of amides is 1. The van der Waals surface area contributed by atoms with Crippen LogP contribution in [0.5, 0.6) is 11.5 Å². The Morgan fingerprint density at radius 2 is 1.77 bits per heavy atom. The number of benzene rings is 2. The number of ether oxygens (including phenoxy) is 2. The molecule has 1 amide bonds. The van der Waals surface area contributed by atoms with Crippen molar-refractivity contribution in [3.8, 4) is 11.5 Å². The molecule has 0 saturated carbocycles. The highest BCUT2D eigenvalue weighted by molar-refractivity contribution is 7.89. The third kappa shape index (κ3) is 3.16. The maximum Gasteiger partial charge on any atom is 0.256 e. The van der Waals surface area contributed by atoms with Gasteiger partial charge in [0.2, 0.25) is 10.0 Å². The van der Waals surface area contributed by atoms with Crippen LogP contribution >= 0.6 is 0 Å². The van der Waals surface area contributed by atoms with Gasteiger partial charge < -0.3 is 14.8 Å². The number of anilines is 1. The van der Waals surface area contributed by atoms with Crippen molar-refractivity contribution in [2.45, 2.75) is 4.90 Å². The van der Waals surface area contributed by atoms with E-state index in [2.05, 4.69) is 10.0 Å². The van der Waals surface area contributed by atoms with Crippen molar-refractivity contribution in [3.63, 3.8) is 0 Å². The quantitative estimate of drug-likeness (QED) is 0.782. The number of hydrogen-bond acceptors (Lipinski definition) is 5. The molecule has 0 atom stereocenters. The maximum absolute atomic E-state index is 12.3. The van der Waals surface area contributed by atoms with E-state index in [4.69, 9.17) is 9.47 Å². The van der Waals surface area contributed by atoms with Crippen molar-refractivity contribution in [1.29, 1.82) is 0 Å². The fourth-order valence-corrected chi connectivity index (χ4v) is 3.46. The minimum Gasteiger partial charge on any atom is -0.493 e. The van der Waals surface area contributed by atoms with Crippen LogP contribution in [-0.2, 0) is 14.8 Å². The molecule has 0 aromatic heterocycles. The second-order valence-corrected chi connectivity index (χ2v) is 7.43. The molecule has 8 heteroatoms. The van der Waals surface area contributed by atoms with Crippen molar-refractivity contribution in [1.82, 2.24) is 4.72 Å². The largest absolute Gasteiger partial charge is 0.493 e. The molecule has 1 heterocycles. The van der Waals surface area contributed by atoms with Gasteiger partial charge in [0.15, 0.2) is 11.5 Å². The van der Waals surface area contributed by atoms with E-state index < -0.39 is 10.0 Å². The van der Waals surface area contributed by atoms with E-state index in [0.29, 0.717) is 28.3 Å². The number of methoxy groups -OCH3 is 2. The smallest absolute Gasteiger partial charge is 0.256 e. The Morgan fingerprint density at radius 1 is 1.04 bits per heavy atom. The van der Waals surface area contributed by atoms with Gasteiger partial charge in [0.1, 0.15) is 0 Å². The monoisotopic (exact) mass is 374 g/mol. The molecule has 0 saturated heterocycles. The summed E-state index contributed by atoms with van der Waals surface area (Å²) >= 11 is 0. The summed E-state index contributed by atoms with van der Waals surface area (Å²) in [5.41, 5.74) is 2.20. The molecule has 0 radical (unpaired) electrons. The molecule has 1 aliphatic rings. The Morgan fingerprint density at radius 3 is 2.42 bits per heavy atom. The lowest BCUT2D eigenvalue weighted by Crippen LogP contribution is -2.18. The third-order valence-electron chi connectivity index (χ3n) is 4.07. The number of sulfonamides is 1. The number of hydrogen-bond donors (Lipinski definition) is 2. The van der Waals surface area contributed by atoms with Crippen LogP contribution in [0.1, 0.15) is 11.1 Å². The van der Waals surface area contributed by atoms with E-state index >= 15 is 0 Å². The molecule has 2 aromatic rings. The van der Waals surface area contributed by atoms with Crippen molar-refractivity contribution in [2.75, 3.05) is 26.6 Å². The summed E-state index contributed by atoms with van der Waals surface area (Å²) in [5, 5.41) is 2.74. The molecule has 0 bridgehead atoms. The average Bonchev–Trinajstić information content (AvgIpc) is 2.96. The molecular weight excluding hydrogens is 356 g/mol. The zero-order chi connectivity index (χ0) is 18.9. The minimum atomic E-state index is -3.61. The van der Waals surface area contributed by atoms with Crippen molar-refractivity contribution >= 4 is 33.3 Å². The van der Waals surface area contributed by atoms with Crippen molar-refractivity contribution in [3.05, 3.63) is 47.5 Å². The van der Waals surface area contributed by atoms with Crippen LogP contribution in [0.4, 0.5) is 5.69 Å². The van der Waals surface area contributed by atoms with Crippen LogP contribution in [0.15, 0.2) is 41.3 Å². The lowest BCUT2D eigenvalue weighted by Gasteiger charge is -2.08. The maximum atomic E-state index is 12.3. The fraction of sp³-hybridized carbons (Fsp3) is 0.167. The number of fused-ring (bicyclic) bond motifs is 1. The van der Waals surface area contributed by atoms with Gasteiger partial charge in [0, 0.05) is 16.8 Å². The minimum absolute atomic E-state index is 0.0912. The van der Waals surface area contributed by atoms with Crippen LogP contribution < -0.4 is 19.5 Å². The summed E-state index contributed by atoms with van der Waals surface area (Å²) in [6, 6.07) is 9.77. The van der Waals surface area contributed by atoms with E-state index in [9.17, 15) is 13.2 Å². The molecule has 0 unspecified atom stereocenters. The van der Waals surface area contributed by atoms with E-state index in [0.717, 1.165) is 5.56 Å². The SMILES string of the molecule is CNS(=O)(=O)c1ccc2c(c1)C(=Cc1ccc(OC)c(OC)c1)C(=O)N2. The van der Waals surface area contributed by atoms with Crippen LogP contribution in [0.25, 0.3) is 11.6 Å². The molecule has 136 valence electrons. The topological polar surface area (TPSA) is 93.7 Å². The zero-order valence-electron chi connectivity index (χ0n) is 14.5. The second-order valence-electron chi connectivity index (χ2n) is 5.54. The molecule has 2 N–H and O–H groups in total. The predicted octanol–water partition coefficient (Wildman–Crippen LogP) is 2.10. The van der Waals surface area contributed by atoms with Crippen LogP contribution in [-0.4, -0.2) is 35.6 Å². The lowest BCUT2D eigenvalue weighted by molar-refractivity contribution is -0.110. The number of rotatable bonds is 5. The molecule has 0 spiro atoms. The lowest BCUT2D eigenvalue weighted by atomic mass is 10.0. The number of nitrogens with one attached hydrogen (secondary N) is 2. The normalized spacial score (nSPS) is 14.9. The van der Waals surface area contributed by atoms with Gasteiger partial charge >= 0.3 is 0 Å². The Balaban J connectivity index is 2.09. The van der Waals surface area contributed by atoms with Gasteiger partial charge in [-0.25, -0.2) is 13.1 Å². The summed E-state index contributed by atoms with van der Waals surface area (Å²) < 4.78 is 36.8. The molecule has 3 rings (SSSR count). The summed E-state index contributed by atoms with van der Waals surface area (Å²) in [6.07, 6.45) is 1.68. The zero-order valence-corrected chi connectivity index (χ0v) is 15.3. The van der Waals surface area contributed by atoms with Crippen LogP contribution in [0.2, 0.25) is 0 Å². The average molecular weight is 374 g/mol. The number of carbonyl (C=O) groups excluding carboxylic acids is 1. The highest BCUT2D eigenvalue weighted by Gasteiger charge is 2.26. The molecule has 26 heavy (non-hydrogen) atoms. The Kier molecular flexibility index (Phi) is 4.71. The highest BCUT2D eigenvalue weighted by atomic mass is 32.2. The Bertz CT molecular complexity index is 1010. The van der Waals surface area contributed by atoms with E-state index in [1.54, 1.807) is 37.5 Å². The molecule has 0 fully saturated rings. The third-order valence-corrected chi connectivity index (χ3v) is 5.48. The van der Waals surface area contributed by atoms with E-state index in [1.807, 2.05) is 0 Å². The first-order chi connectivity index (χ1) is 12.4. The summed E-state index contributed by atoms with van der Waals surface area (Å²) in [5.74, 6) is 0.814. The van der Waals surface area contributed by atoms with Gasteiger partial charge in [-0.05, 0) is 49.0 Å². The predicted molar refractivity (Wildman–Crippen MR) is 98.7 cm³/mol. The Labute approximate surface area is 151 Å². The Hall–Kier alpha value is -2.84. The fourth-order valence-electron chi connectivity index (χ4n) is 2.70. The van der Waals surface area contributed by atoms with Gasteiger partial charge in [0.25, 0.3) is 5.91 Å². The van der Waals surface area contributed by atoms with Crippen LogP contribution in [0.3, 0.4) is 0 Å². The first kappa shape index (κ1) is 18.0. The second kappa shape index (κ2) is 6.81. The van der Waals surface area contributed by atoms with E-state index in [1.165, 1.54) is 26.3 Å². The summed E-state index contributed by atoms with van der Waals surface area (Å²) in [4.78, 5) is 12.4. The van der Waals surface area contributed by atoms with Crippen molar-refractivity contribution < 1.29 is 22.7 Å². The first-order valence-electron chi connectivity index (χ1n) is 7.72.